The number of halogens is 1. The van der Waals surface area contributed by atoms with E-state index in [2.05, 4.69) is 10.6 Å². The number of hydrogen-bond acceptors (Lipinski definition) is 2. The molecular weight excluding hydrogens is 348 g/mol. The van der Waals surface area contributed by atoms with Crippen molar-refractivity contribution in [1.29, 1.82) is 0 Å². The molecule has 2 aromatic carbocycles. The van der Waals surface area contributed by atoms with E-state index in [0.717, 1.165) is 11.1 Å². The van der Waals surface area contributed by atoms with Crippen LogP contribution in [0.4, 0.5) is 0 Å². The molecule has 2 rings (SSSR count). The molecule has 26 heavy (non-hydrogen) atoms. The predicted molar refractivity (Wildman–Crippen MR) is 105 cm³/mol. The van der Waals surface area contributed by atoms with Crippen molar-refractivity contribution in [1.82, 2.24) is 10.6 Å². The molecule has 0 aliphatic carbocycles. The van der Waals surface area contributed by atoms with Gasteiger partial charge in [-0.05, 0) is 50.5 Å². The molecule has 0 bridgehead atoms. The summed E-state index contributed by atoms with van der Waals surface area (Å²) >= 11 is 5.96. The standard InChI is InChI=1S/C21H25ClN2O2/c1-15(17-9-5-4-6-10-17)24-20(26)21(2,3)19(25)23-13-12-16-8-7-11-18(22)14-16/h4-11,14-15H,12-13H2,1-3H3,(H,23,25)(H,24,26). The van der Waals surface area contributed by atoms with E-state index in [1.165, 1.54) is 0 Å². The van der Waals surface area contributed by atoms with E-state index in [-0.39, 0.29) is 17.9 Å². The van der Waals surface area contributed by atoms with E-state index < -0.39 is 5.41 Å². The summed E-state index contributed by atoms with van der Waals surface area (Å²) < 4.78 is 0. The molecule has 0 saturated heterocycles. The highest BCUT2D eigenvalue weighted by atomic mass is 35.5. The normalized spacial score (nSPS) is 12.3. The average molecular weight is 373 g/mol. The van der Waals surface area contributed by atoms with Gasteiger partial charge in [-0.15, -0.1) is 0 Å². The van der Waals surface area contributed by atoms with Crippen molar-refractivity contribution >= 4 is 23.4 Å². The van der Waals surface area contributed by atoms with Gasteiger partial charge in [0, 0.05) is 11.6 Å². The summed E-state index contributed by atoms with van der Waals surface area (Å²) in [5.41, 5.74) is 0.882. The second kappa shape index (κ2) is 8.86. The van der Waals surface area contributed by atoms with Gasteiger partial charge < -0.3 is 10.6 Å². The Labute approximate surface area is 159 Å². The first kappa shape index (κ1) is 20.0. The Hall–Kier alpha value is -2.33. The van der Waals surface area contributed by atoms with Crippen LogP contribution in [0.2, 0.25) is 5.02 Å². The Morgan fingerprint density at radius 2 is 1.73 bits per heavy atom. The molecule has 1 atom stereocenters. The molecule has 0 heterocycles. The number of hydrogen-bond donors (Lipinski definition) is 2. The molecule has 1 unspecified atom stereocenters. The number of carbonyl (C=O) groups is 2. The fourth-order valence-electron chi connectivity index (χ4n) is 2.54. The topological polar surface area (TPSA) is 58.2 Å². The maximum atomic E-state index is 12.6. The molecule has 0 saturated carbocycles. The third-order valence-corrected chi connectivity index (χ3v) is 4.61. The van der Waals surface area contributed by atoms with E-state index in [1.54, 1.807) is 13.8 Å². The molecule has 0 aliphatic rings. The monoisotopic (exact) mass is 372 g/mol. The first-order valence-electron chi connectivity index (χ1n) is 8.69. The van der Waals surface area contributed by atoms with E-state index in [0.29, 0.717) is 18.0 Å². The number of carbonyl (C=O) groups excluding carboxylic acids is 2. The summed E-state index contributed by atoms with van der Waals surface area (Å²) in [7, 11) is 0. The van der Waals surface area contributed by atoms with Crippen molar-refractivity contribution in [3.05, 3.63) is 70.7 Å². The largest absolute Gasteiger partial charge is 0.355 e. The van der Waals surface area contributed by atoms with Crippen LogP contribution in [0.25, 0.3) is 0 Å². The minimum Gasteiger partial charge on any atom is -0.355 e. The van der Waals surface area contributed by atoms with Crippen molar-refractivity contribution in [2.24, 2.45) is 5.41 Å². The Morgan fingerprint density at radius 3 is 2.38 bits per heavy atom. The molecular formula is C21H25ClN2O2. The third kappa shape index (κ3) is 5.33. The van der Waals surface area contributed by atoms with Crippen LogP contribution >= 0.6 is 11.6 Å². The minimum absolute atomic E-state index is 0.165. The summed E-state index contributed by atoms with van der Waals surface area (Å²) in [4.78, 5) is 25.1. The average Bonchev–Trinajstić information content (AvgIpc) is 2.62. The molecule has 0 radical (unpaired) electrons. The van der Waals surface area contributed by atoms with Gasteiger partial charge in [0.15, 0.2) is 0 Å². The number of rotatable bonds is 7. The maximum absolute atomic E-state index is 12.6. The van der Waals surface area contributed by atoms with Crippen molar-refractivity contribution in [2.45, 2.75) is 33.2 Å². The number of benzene rings is 2. The maximum Gasteiger partial charge on any atom is 0.235 e. The highest BCUT2D eigenvalue weighted by molar-refractivity contribution is 6.30. The molecule has 0 fully saturated rings. The lowest BCUT2D eigenvalue weighted by atomic mass is 9.90. The Kier molecular flexibility index (Phi) is 6.81. The molecule has 2 amide bonds. The molecule has 5 heteroatoms. The zero-order valence-corrected chi connectivity index (χ0v) is 16.1. The molecule has 0 aromatic heterocycles. The lowest BCUT2D eigenvalue weighted by Crippen LogP contribution is -2.48. The van der Waals surface area contributed by atoms with Crippen LogP contribution in [0.3, 0.4) is 0 Å². The molecule has 4 nitrogen and oxygen atoms in total. The van der Waals surface area contributed by atoms with Gasteiger partial charge in [-0.1, -0.05) is 54.1 Å². The van der Waals surface area contributed by atoms with E-state index in [4.69, 9.17) is 11.6 Å². The van der Waals surface area contributed by atoms with Crippen LogP contribution in [0, 0.1) is 5.41 Å². The molecule has 2 aromatic rings. The van der Waals surface area contributed by atoms with E-state index >= 15 is 0 Å². The van der Waals surface area contributed by atoms with Crippen molar-refractivity contribution in [3.8, 4) is 0 Å². The summed E-state index contributed by atoms with van der Waals surface area (Å²) in [6.45, 7) is 5.62. The van der Waals surface area contributed by atoms with Gasteiger partial charge in [-0.25, -0.2) is 0 Å². The fourth-order valence-corrected chi connectivity index (χ4v) is 2.75. The molecule has 2 N–H and O–H groups in total. The molecule has 0 aliphatic heterocycles. The minimum atomic E-state index is -1.16. The second-order valence-corrected chi connectivity index (χ2v) is 7.30. The molecule has 138 valence electrons. The lowest BCUT2D eigenvalue weighted by molar-refractivity contribution is -0.141. The Morgan fingerprint density at radius 1 is 1.04 bits per heavy atom. The zero-order chi connectivity index (χ0) is 19.2. The van der Waals surface area contributed by atoms with Crippen LogP contribution in [0.1, 0.15) is 37.9 Å². The third-order valence-electron chi connectivity index (χ3n) is 4.37. The van der Waals surface area contributed by atoms with Gasteiger partial charge in [0.2, 0.25) is 11.8 Å². The van der Waals surface area contributed by atoms with Crippen molar-refractivity contribution < 1.29 is 9.59 Å². The summed E-state index contributed by atoms with van der Waals surface area (Å²) in [5, 5.41) is 6.43. The second-order valence-electron chi connectivity index (χ2n) is 6.87. The van der Waals surface area contributed by atoms with Crippen LogP contribution in [0.5, 0.6) is 0 Å². The fraction of sp³-hybridized carbons (Fsp3) is 0.333. The highest BCUT2D eigenvalue weighted by Crippen LogP contribution is 2.19. The summed E-state index contributed by atoms with van der Waals surface area (Å²) in [6.07, 6.45) is 0.657. The zero-order valence-electron chi connectivity index (χ0n) is 15.4. The smallest absolute Gasteiger partial charge is 0.235 e. The summed E-state index contributed by atoms with van der Waals surface area (Å²) in [6, 6.07) is 17.0. The van der Waals surface area contributed by atoms with Crippen LogP contribution in [-0.4, -0.2) is 18.4 Å². The molecule has 0 spiro atoms. The number of amides is 2. The van der Waals surface area contributed by atoms with Gasteiger partial charge in [-0.3, -0.25) is 9.59 Å². The predicted octanol–water partition coefficient (Wildman–Crippen LogP) is 3.90. The van der Waals surface area contributed by atoms with Crippen LogP contribution < -0.4 is 10.6 Å². The summed E-state index contributed by atoms with van der Waals surface area (Å²) in [5.74, 6) is -0.591. The van der Waals surface area contributed by atoms with Crippen LogP contribution in [0.15, 0.2) is 54.6 Å². The number of nitrogens with one attached hydrogen (secondary N) is 2. The quantitative estimate of drug-likeness (QED) is 0.724. The Bertz CT molecular complexity index is 760. The van der Waals surface area contributed by atoms with Gasteiger partial charge in [0.05, 0.1) is 6.04 Å². The van der Waals surface area contributed by atoms with Gasteiger partial charge in [-0.2, -0.15) is 0 Å². The van der Waals surface area contributed by atoms with E-state index in [9.17, 15) is 9.59 Å². The van der Waals surface area contributed by atoms with Gasteiger partial charge >= 0.3 is 0 Å². The first-order valence-corrected chi connectivity index (χ1v) is 9.07. The lowest BCUT2D eigenvalue weighted by Gasteiger charge is -2.25. The Balaban J connectivity index is 1.88. The highest BCUT2D eigenvalue weighted by Gasteiger charge is 2.36. The van der Waals surface area contributed by atoms with Crippen molar-refractivity contribution in [3.63, 3.8) is 0 Å². The van der Waals surface area contributed by atoms with E-state index in [1.807, 2.05) is 61.5 Å². The van der Waals surface area contributed by atoms with Gasteiger partial charge in [0.1, 0.15) is 5.41 Å². The first-order chi connectivity index (χ1) is 12.3. The SMILES string of the molecule is CC(NC(=O)C(C)(C)C(=O)NCCc1cccc(Cl)c1)c1ccccc1. The van der Waals surface area contributed by atoms with Gasteiger partial charge in [0.25, 0.3) is 0 Å². The van der Waals surface area contributed by atoms with Crippen molar-refractivity contribution in [2.75, 3.05) is 6.54 Å². The van der Waals surface area contributed by atoms with Crippen LogP contribution in [-0.2, 0) is 16.0 Å².